The standard InChI is InChI=1S/C11H24N2O/c1-2-14-9-8-13-7-3-4-11(10-13)5-6-12/h11H,2-10,12H2,1H3. The SMILES string of the molecule is CCOCCN1CCCC(CCN)C1. The normalized spacial score (nSPS) is 24.0. The molecule has 0 aliphatic carbocycles. The Morgan fingerprint density at radius 2 is 2.36 bits per heavy atom. The van der Waals surface area contributed by atoms with E-state index in [9.17, 15) is 0 Å². The maximum Gasteiger partial charge on any atom is 0.0593 e. The second kappa shape index (κ2) is 7.21. The first-order chi connectivity index (χ1) is 6.86. The van der Waals surface area contributed by atoms with Crippen molar-refractivity contribution in [3.63, 3.8) is 0 Å². The monoisotopic (exact) mass is 200 g/mol. The Kier molecular flexibility index (Phi) is 6.15. The number of ether oxygens (including phenoxy) is 1. The summed E-state index contributed by atoms with van der Waals surface area (Å²) in [6.45, 7) is 8.16. The third kappa shape index (κ3) is 4.40. The largest absolute Gasteiger partial charge is 0.380 e. The lowest BCUT2D eigenvalue weighted by molar-refractivity contribution is 0.0907. The highest BCUT2D eigenvalue weighted by Gasteiger charge is 2.18. The zero-order valence-electron chi connectivity index (χ0n) is 9.37. The summed E-state index contributed by atoms with van der Waals surface area (Å²) >= 11 is 0. The first-order valence-electron chi connectivity index (χ1n) is 5.87. The second-order valence-corrected chi connectivity index (χ2v) is 4.08. The van der Waals surface area contributed by atoms with E-state index in [-0.39, 0.29) is 0 Å². The molecule has 1 aliphatic heterocycles. The maximum atomic E-state index is 5.58. The van der Waals surface area contributed by atoms with Crippen LogP contribution in [-0.4, -0.2) is 44.3 Å². The Balaban J connectivity index is 2.12. The van der Waals surface area contributed by atoms with Crippen LogP contribution in [0.3, 0.4) is 0 Å². The van der Waals surface area contributed by atoms with Gasteiger partial charge in [-0.05, 0) is 45.2 Å². The van der Waals surface area contributed by atoms with Gasteiger partial charge in [0, 0.05) is 19.7 Å². The molecule has 0 aromatic rings. The van der Waals surface area contributed by atoms with Gasteiger partial charge >= 0.3 is 0 Å². The fraction of sp³-hybridized carbons (Fsp3) is 1.00. The van der Waals surface area contributed by atoms with Crippen molar-refractivity contribution in [2.75, 3.05) is 39.4 Å². The van der Waals surface area contributed by atoms with Gasteiger partial charge in [0.15, 0.2) is 0 Å². The molecule has 1 atom stereocenters. The summed E-state index contributed by atoms with van der Waals surface area (Å²) in [5.74, 6) is 0.829. The van der Waals surface area contributed by atoms with Gasteiger partial charge < -0.3 is 15.4 Å². The molecule has 0 spiro atoms. The van der Waals surface area contributed by atoms with Crippen molar-refractivity contribution >= 4 is 0 Å². The predicted molar refractivity (Wildman–Crippen MR) is 59.3 cm³/mol. The highest BCUT2D eigenvalue weighted by atomic mass is 16.5. The van der Waals surface area contributed by atoms with E-state index >= 15 is 0 Å². The summed E-state index contributed by atoms with van der Waals surface area (Å²) in [4.78, 5) is 2.51. The number of likely N-dealkylation sites (tertiary alicyclic amines) is 1. The first kappa shape index (κ1) is 12.0. The molecule has 1 heterocycles. The van der Waals surface area contributed by atoms with Crippen molar-refractivity contribution in [1.29, 1.82) is 0 Å². The number of piperidine rings is 1. The van der Waals surface area contributed by atoms with E-state index < -0.39 is 0 Å². The van der Waals surface area contributed by atoms with Crippen molar-refractivity contribution in [2.24, 2.45) is 11.7 Å². The molecule has 1 fully saturated rings. The lowest BCUT2D eigenvalue weighted by Crippen LogP contribution is -2.38. The molecule has 0 amide bonds. The molecule has 0 aromatic carbocycles. The van der Waals surface area contributed by atoms with Gasteiger partial charge in [-0.25, -0.2) is 0 Å². The van der Waals surface area contributed by atoms with Gasteiger partial charge in [0.1, 0.15) is 0 Å². The molecule has 0 saturated carbocycles. The second-order valence-electron chi connectivity index (χ2n) is 4.08. The van der Waals surface area contributed by atoms with Gasteiger partial charge in [-0.15, -0.1) is 0 Å². The maximum absolute atomic E-state index is 5.58. The van der Waals surface area contributed by atoms with Crippen LogP contribution in [0, 0.1) is 5.92 Å². The summed E-state index contributed by atoms with van der Waals surface area (Å²) in [5.41, 5.74) is 5.58. The predicted octanol–water partition coefficient (Wildman–Crippen LogP) is 1.08. The smallest absolute Gasteiger partial charge is 0.0593 e. The summed E-state index contributed by atoms with van der Waals surface area (Å²) in [5, 5.41) is 0. The van der Waals surface area contributed by atoms with Gasteiger partial charge in [-0.2, -0.15) is 0 Å². The van der Waals surface area contributed by atoms with Gasteiger partial charge in [0.05, 0.1) is 6.61 Å². The average molecular weight is 200 g/mol. The summed E-state index contributed by atoms with van der Waals surface area (Å²) < 4.78 is 5.37. The molecule has 3 heteroatoms. The van der Waals surface area contributed by atoms with Crippen LogP contribution in [0.1, 0.15) is 26.2 Å². The van der Waals surface area contributed by atoms with Crippen LogP contribution in [-0.2, 0) is 4.74 Å². The minimum Gasteiger partial charge on any atom is -0.380 e. The molecule has 1 rings (SSSR count). The molecule has 1 saturated heterocycles. The van der Waals surface area contributed by atoms with Crippen LogP contribution in [0.5, 0.6) is 0 Å². The molecular weight excluding hydrogens is 176 g/mol. The number of nitrogens with zero attached hydrogens (tertiary/aromatic N) is 1. The molecule has 3 nitrogen and oxygen atoms in total. The third-order valence-electron chi connectivity index (χ3n) is 2.93. The Hall–Kier alpha value is -0.120. The highest BCUT2D eigenvalue weighted by molar-refractivity contribution is 4.72. The first-order valence-corrected chi connectivity index (χ1v) is 5.87. The molecule has 14 heavy (non-hydrogen) atoms. The van der Waals surface area contributed by atoms with Crippen molar-refractivity contribution in [3.8, 4) is 0 Å². The minimum absolute atomic E-state index is 0.829. The summed E-state index contributed by atoms with van der Waals surface area (Å²) in [6, 6.07) is 0. The van der Waals surface area contributed by atoms with E-state index in [2.05, 4.69) is 4.90 Å². The van der Waals surface area contributed by atoms with Crippen molar-refractivity contribution in [2.45, 2.75) is 26.2 Å². The molecule has 1 unspecified atom stereocenters. The van der Waals surface area contributed by atoms with Crippen molar-refractivity contribution in [1.82, 2.24) is 4.90 Å². The Morgan fingerprint density at radius 3 is 3.07 bits per heavy atom. The van der Waals surface area contributed by atoms with E-state index in [4.69, 9.17) is 10.5 Å². The van der Waals surface area contributed by atoms with Crippen LogP contribution >= 0.6 is 0 Å². The minimum atomic E-state index is 0.829. The Morgan fingerprint density at radius 1 is 1.50 bits per heavy atom. The highest BCUT2D eigenvalue weighted by Crippen LogP contribution is 2.18. The lowest BCUT2D eigenvalue weighted by atomic mass is 9.95. The van der Waals surface area contributed by atoms with Crippen molar-refractivity contribution in [3.05, 3.63) is 0 Å². The number of hydrogen-bond acceptors (Lipinski definition) is 3. The Labute approximate surface area is 87.6 Å². The topological polar surface area (TPSA) is 38.5 Å². The molecule has 84 valence electrons. The van der Waals surface area contributed by atoms with Crippen LogP contribution in [0.2, 0.25) is 0 Å². The van der Waals surface area contributed by atoms with E-state index in [1.54, 1.807) is 0 Å². The third-order valence-corrected chi connectivity index (χ3v) is 2.93. The fourth-order valence-corrected chi connectivity index (χ4v) is 2.16. The average Bonchev–Trinajstić information content (AvgIpc) is 2.19. The molecular formula is C11H24N2O. The molecule has 2 N–H and O–H groups in total. The van der Waals surface area contributed by atoms with Crippen LogP contribution < -0.4 is 5.73 Å². The molecule has 0 bridgehead atoms. The zero-order valence-corrected chi connectivity index (χ0v) is 9.37. The van der Waals surface area contributed by atoms with E-state index in [0.717, 1.165) is 32.2 Å². The molecule has 0 aromatic heterocycles. The number of hydrogen-bond donors (Lipinski definition) is 1. The zero-order chi connectivity index (χ0) is 10.2. The lowest BCUT2D eigenvalue weighted by Gasteiger charge is -2.32. The van der Waals surface area contributed by atoms with Gasteiger partial charge in [0.25, 0.3) is 0 Å². The summed E-state index contributed by atoms with van der Waals surface area (Å²) in [7, 11) is 0. The quantitative estimate of drug-likeness (QED) is 0.652. The number of nitrogens with two attached hydrogens (primary N) is 1. The van der Waals surface area contributed by atoms with Gasteiger partial charge in [0.2, 0.25) is 0 Å². The Bertz CT molecular complexity index is 139. The summed E-state index contributed by atoms with van der Waals surface area (Å²) in [6.07, 6.45) is 3.88. The van der Waals surface area contributed by atoms with Crippen LogP contribution in [0.4, 0.5) is 0 Å². The van der Waals surface area contributed by atoms with Crippen molar-refractivity contribution < 1.29 is 4.74 Å². The number of rotatable bonds is 6. The van der Waals surface area contributed by atoms with Gasteiger partial charge in [-0.1, -0.05) is 0 Å². The van der Waals surface area contributed by atoms with Crippen LogP contribution in [0.15, 0.2) is 0 Å². The fourth-order valence-electron chi connectivity index (χ4n) is 2.16. The van der Waals surface area contributed by atoms with Crippen LogP contribution in [0.25, 0.3) is 0 Å². The molecule has 1 aliphatic rings. The van der Waals surface area contributed by atoms with Gasteiger partial charge in [-0.3, -0.25) is 0 Å². The van der Waals surface area contributed by atoms with E-state index in [1.165, 1.54) is 32.4 Å². The van der Waals surface area contributed by atoms with E-state index in [0.29, 0.717) is 0 Å². The van der Waals surface area contributed by atoms with E-state index in [1.807, 2.05) is 6.92 Å². The molecule has 0 radical (unpaired) electrons.